The van der Waals surface area contributed by atoms with Crippen molar-refractivity contribution >= 4 is 17.9 Å². The van der Waals surface area contributed by atoms with E-state index in [1.54, 1.807) is 6.92 Å². The first kappa shape index (κ1) is 17.2. The van der Waals surface area contributed by atoms with Crippen molar-refractivity contribution in [2.24, 2.45) is 0 Å². The number of likely N-dealkylation sites (N-methyl/N-ethyl adjacent to an activating group) is 2. The van der Waals surface area contributed by atoms with E-state index in [2.05, 4.69) is 5.32 Å². The lowest BCUT2D eigenvalue weighted by Crippen LogP contribution is -2.49. The van der Waals surface area contributed by atoms with Gasteiger partial charge in [-0.2, -0.15) is 0 Å². The van der Waals surface area contributed by atoms with E-state index in [9.17, 15) is 14.4 Å². The molecule has 0 bridgehead atoms. The summed E-state index contributed by atoms with van der Waals surface area (Å²) < 4.78 is 0. The highest BCUT2D eigenvalue weighted by molar-refractivity contribution is 5.86. The molecule has 3 amide bonds. The molecular formula is C12H23N3O4. The highest BCUT2D eigenvalue weighted by Gasteiger charge is 2.27. The van der Waals surface area contributed by atoms with Crippen LogP contribution in [-0.4, -0.2) is 66.0 Å². The van der Waals surface area contributed by atoms with Gasteiger partial charge in [0.15, 0.2) is 0 Å². The summed E-state index contributed by atoms with van der Waals surface area (Å²) in [5.74, 6) is -1.31. The molecule has 7 heteroatoms. The van der Waals surface area contributed by atoms with E-state index < -0.39 is 18.0 Å². The third kappa shape index (κ3) is 5.58. The minimum atomic E-state index is -1.05. The maximum atomic E-state index is 12.0. The van der Waals surface area contributed by atoms with Crippen molar-refractivity contribution < 1.29 is 19.5 Å². The number of nitrogens with zero attached hydrogens (tertiary/aromatic N) is 2. The summed E-state index contributed by atoms with van der Waals surface area (Å²) >= 11 is 0. The number of rotatable bonds is 7. The summed E-state index contributed by atoms with van der Waals surface area (Å²) in [5, 5.41) is 11.6. The molecule has 0 aromatic heterocycles. The molecule has 19 heavy (non-hydrogen) atoms. The second-order valence-corrected chi connectivity index (χ2v) is 4.36. The van der Waals surface area contributed by atoms with Crippen molar-refractivity contribution in [2.45, 2.75) is 32.7 Å². The average Bonchev–Trinajstić information content (AvgIpc) is 2.35. The van der Waals surface area contributed by atoms with Crippen molar-refractivity contribution in [3.05, 3.63) is 0 Å². The smallest absolute Gasteiger partial charge is 0.326 e. The third-order valence-electron chi connectivity index (χ3n) is 2.72. The van der Waals surface area contributed by atoms with Gasteiger partial charge in [-0.3, -0.25) is 4.79 Å². The van der Waals surface area contributed by atoms with Crippen molar-refractivity contribution in [3.63, 3.8) is 0 Å². The van der Waals surface area contributed by atoms with E-state index in [0.717, 1.165) is 11.3 Å². The minimum Gasteiger partial charge on any atom is -0.480 e. The van der Waals surface area contributed by atoms with E-state index in [1.165, 1.54) is 19.0 Å². The highest BCUT2D eigenvalue weighted by atomic mass is 16.4. The van der Waals surface area contributed by atoms with Crippen LogP contribution in [0.15, 0.2) is 0 Å². The van der Waals surface area contributed by atoms with Gasteiger partial charge in [-0.25, -0.2) is 9.59 Å². The Kier molecular flexibility index (Phi) is 7.55. The molecular weight excluding hydrogens is 250 g/mol. The Bertz CT molecular complexity index is 333. The molecule has 0 fully saturated rings. The largest absolute Gasteiger partial charge is 0.480 e. The summed E-state index contributed by atoms with van der Waals surface area (Å²) in [7, 11) is 2.89. The molecule has 0 spiro atoms. The van der Waals surface area contributed by atoms with Crippen molar-refractivity contribution in [1.82, 2.24) is 15.1 Å². The quantitative estimate of drug-likeness (QED) is 0.700. The van der Waals surface area contributed by atoms with Gasteiger partial charge in [-0.15, -0.1) is 0 Å². The van der Waals surface area contributed by atoms with Crippen LogP contribution in [0.3, 0.4) is 0 Å². The zero-order chi connectivity index (χ0) is 15.0. The van der Waals surface area contributed by atoms with Crippen LogP contribution in [-0.2, 0) is 9.59 Å². The summed E-state index contributed by atoms with van der Waals surface area (Å²) in [6.45, 7) is 4.10. The van der Waals surface area contributed by atoms with Crippen molar-refractivity contribution in [2.75, 3.05) is 27.2 Å². The first-order chi connectivity index (χ1) is 8.84. The molecule has 2 N–H and O–H groups in total. The summed E-state index contributed by atoms with van der Waals surface area (Å²) in [5.41, 5.74) is 0. The van der Waals surface area contributed by atoms with E-state index in [0.29, 0.717) is 13.0 Å². The van der Waals surface area contributed by atoms with E-state index in [4.69, 9.17) is 5.11 Å². The lowest BCUT2D eigenvalue weighted by molar-refractivity contribution is -0.142. The van der Waals surface area contributed by atoms with Crippen LogP contribution >= 0.6 is 0 Å². The Morgan fingerprint density at radius 2 is 1.79 bits per heavy atom. The third-order valence-corrected chi connectivity index (χ3v) is 2.72. The minimum absolute atomic E-state index is 0.0841. The SMILES string of the molecule is CCCNC(=O)CN(C)C(=O)N(C)C(CC)C(=O)O. The first-order valence-electron chi connectivity index (χ1n) is 6.32. The number of carboxylic acids is 1. The van der Waals surface area contributed by atoms with Gasteiger partial charge in [0.05, 0.1) is 0 Å². The van der Waals surface area contributed by atoms with Crippen LogP contribution in [0.2, 0.25) is 0 Å². The molecule has 0 rings (SSSR count). The van der Waals surface area contributed by atoms with Crippen LogP contribution in [0.25, 0.3) is 0 Å². The number of urea groups is 1. The number of carbonyl (C=O) groups is 3. The number of amides is 3. The van der Waals surface area contributed by atoms with Crippen molar-refractivity contribution in [3.8, 4) is 0 Å². The molecule has 1 atom stereocenters. The van der Waals surface area contributed by atoms with Gasteiger partial charge in [-0.05, 0) is 12.8 Å². The Hall–Kier alpha value is -1.79. The molecule has 0 radical (unpaired) electrons. The fourth-order valence-electron chi connectivity index (χ4n) is 1.62. The summed E-state index contributed by atoms with van der Waals surface area (Å²) in [6.07, 6.45) is 1.13. The Balaban J connectivity index is 4.46. The summed E-state index contributed by atoms with van der Waals surface area (Å²) in [6, 6.07) is -1.37. The molecule has 0 aliphatic carbocycles. The predicted molar refractivity (Wildman–Crippen MR) is 70.8 cm³/mol. The molecule has 1 unspecified atom stereocenters. The van der Waals surface area contributed by atoms with Crippen LogP contribution < -0.4 is 5.32 Å². The normalized spacial score (nSPS) is 11.6. The zero-order valence-corrected chi connectivity index (χ0v) is 12.0. The second-order valence-electron chi connectivity index (χ2n) is 4.36. The predicted octanol–water partition coefficient (Wildman–Crippen LogP) is 0.359. The van der Waals surface area contributed by atoms with E-state index >= 15 is 0 Å². The summed E-state index contributed by atoms with van der Waals surface area (Å²) in [4.78, 5) is 36.7. The van der Waals surface area contributed by atoms with Gasteiger partial charge >= 0.3 is 12.0 Å². The maximum Gasteiger partial charge on any atom is 0.326 e. The molecule has 0 aliphatic heterocycles. The van der Waals surface area contributed by atoms with E-state index in [1.807, 2.05) is 6.92 Å². The molecule has 110 valence electrons. The number of nitrogens with one attached hydrogen (secondary N) is 1. The van der Waals surface area contributed by atoms with Crippen molar-refractivity contribution in [1.29, 1.82) is 0 Å². The number of carboxylic acid groups (broad SMARTS) is 1. The Morgan fingerprint density at radius 3 is 2.21 bits per heavy atom. The molecule has 0 saturated carbocycles. The Morgan fingerprint density at radius 1 is 1.21 bits per heavy atom. The number of hydrogen-bond donors (Lipinski definition) is 2. The Labute approximate surface area is 113 Å². The second kappa shape index (κ2) is 8.34. The van der Waals surface area contributed by atoms with Crippen LogP contribution in [0.4, 0.5) is 4.79 Å². The average molecular weight is 273 g/mol. The fourth-order valence-corrected chi connectivity index (χ4v) is 1.62. The number of carbonyl (C=O) groups excluding carboxylic acids is 2. The van der Waals surface area contributed by atoms with Gasteiger partial charge in [0, 0.05) is 20.6 Å². The standard InChI is InChI=1S/C12H23N3O4/c1-5-7-13-10(16)8-14(3)12(19)15(4)9(6-2)11(17)18/h9H,5-8H2,1-4H3,(H,13,16)(H,17,18). The lowest BCUT2D eigenvalue weighted by atomic mass is 10.2. The lowest BCUT2D eigenvalue weighted by Gasteiger charge is -2.28. The molecule has 0 aromatic carbocycles. The first-order valence-corrected chi connectivity index (χ1v) is 6.32. The van der Waals surface area contributed by atoms with Gasteiger partial charge in [0.1, 0.15) is 12.6 Å². The van der Waals surface area contributed by atoms with Crippen LogP contribution in [0.1, 0.15) is 26.7 Å². The molecule has 7 nitrogen and oxygen atoms in total. The maximum absolute atomic E-state index is 12.0. The zero-order valence-electron chi connectivity index (χ0n) is 12.0. The monoisotopic (exact) mass is 273 g/mol. The van der Waals surface area contributed by atoms with Crippen LogP contribution in [0.5, 0.6) is 0 Å². The van der Waals surface area contributed by atoms with Gasteiger partial charge in [0.2, 0.25) is 5.91 Å². The topological polar surface area (TPSA) is 90.0 Å². The van der Waals surface area contributed by atoms with Crippen LogP contribution in [0, 0.1) is 0 Å². The highest BCUT2D eigenvalue weighted by Crippen LogP contribution is 2.05. The van der Waals surface area contributed by atoms with Gasteiger partial charge < -0.3 is 20.2 Å². The molecule has 0 heterocycles. The van der Waals surface area contributed by atoms with Gasteiger partial charge in [0.25, 0.3) is 0 Å². The fraction of sp³-hybridized carbons (Fsp3) is 0.750. The molecule has 0 aliphatic rings. The molecule has 0 aromatic rings. The number of aliphatic carboxylic acids is 1. The number of hydrogen-bond acceptors (Lipinski definition) is 3. The van der Waals surface area contributed by atoms with E-state index in [-0.39, 0.29) is 12.5 Å². The van der Waals surface area contributed by atoms with Gasteiger partial charge in [-0.1, -0.05) is 13.8 Å². The molecule has 0 saturated heterocycles.